The summed E-state index contributed by atoms with van der Waals surface area (Å²) >= 11 is 3.27. The highest BCUT2D eigenvalue weighted by Gasteiger charge is 2.30. The average molecular weight is 643 g/mol. The molecule has 1 saturated heterocycles. The van der Waals surface area contributed by atoms with E-state index in [-0.39, 0.29) is 10.8 Å². The molecule has 226 valence electrons. The number of carbonyl (C=O) groups excluding carboxylic acids is 1. The number of hydrogen-bond acceptors (Lipinski definition) is 7. The standard InChI is InChI=1S/C34H34N4O3S3/c1-23-15-19-38(20-16-23)44(40,41)26-13-11-25(12-14-26)32(39)36-34-31(33-35-28-9-5-6-10-29(28)42-33)27-17-18-37(22-30(27)43-34)21-24-7-3-2-4-8-24/h2-14,23H,15-22H2,1H3,(H,36,39). The molecule has 2 aliphatic rings. The van der Waals surface area contributed by atoms with Crippen molar-refractivity contribution >= 4 is 53.8 Å². The summed E-state index contributed by atoms with van der Waals surface area (Å²) in [4.78, 5) is 22.5. The number of thiazole rings is 1. The van der Waals surface area contributed by atoms with Gasteiger partial charge in [-0.15, -0.1) is 22.7 Å². The number of thiophene rings is 1. The molecule has 0 bridgehead atoms. The van der Waals surface area contributed by atoms with E-state index in [0.717, 1.165) is 64.7 Å². The van der Waals surface area contributed by atoms with E-state index in [1.54, 1.807) is 51.2 Å². The van der Waals surface area contributed by atoms with Gasteiger partial charge in [0, 0.05) is 48.7 Å². The third-order valence-electron chi connectivity index (χ3n) is 8.62. The number of sulfonamides is 1. The van der Waals surface area contributed by atoms with Crippen molar-refractivity contribution in [1.29, 1.82) is 0 Å². The van der Waals surface area contributed by atoms with Crippen molar-refractivity contribution < 1.29 is 13.2 Å². The van der Waals surface area contributed by atoms with Crippen molar-refractivity contribution in [2.24, 2.45) is 5.92 Å². The molecule has 1 fully saturated rings. The number of amides is 1. The largest absolute Gasteiger partial charge is 0.313 e. The molecule has 1 amide bonds. The van der Waals surface area contributed by atoms with Crippen LogP contribution in [0.15, 0.2) is 83.8 Å². The quantitative estimate of drug-likeness (QED) is 0.202. The fourth-order valence-corrected chi connectivity index (χ4v) is 9.92. The first kappa shape index (κ1) is 29.3. The number of piperidine rings is 1. The van der Waals surface area contributed by atoms with E-state index in [1.165, 1.54) is 16.0 Å². The summed E-state index contributed by atoms with van der Waals surface area (Å²) in [6, 6.07) is 25.0. The van der Waals surface area contributed by atoms with Crippen molar-refractivity contribution in [3.8, 4) is 10.6 Å². The summed E-state index contributed by atoms with van der Waals surface area (Å²) in [7, 11) is -3.58. The van der Waals surface area contributed by atoms with Gasteiger partial charge in [0.25, 0.3) is 5.91 Å². The second kappa shape index (κ2) is 12.2. The van der Waals surface area contributed by atoms with Crippen molar-refractivity contribution in [3.63, 3.8) is 0 Å². The number of hydrogen-bond donors (Lipinski definition) is 1. The van der Waals surface area contributed by atoms with Crippen LogP contribution in [0.1, 0.15) is 46.1 Å². The van der Waals surface area contributed by atoms with Gasteiger partial charge >= 0.3 is 0 Å². The number of aromatic nitrogens is 1. The fourth-order valence-electron chi connectivity index (χ4n) is 6.05. The van der Waals surface area contributed by atoms with E-state index in [1.807, 2.05) is 24.3 Å². The molecule has 3 aromatic carbocycles. The summed E-state index contributed by atoms with van der Waals surface area (Å²) < 4.78 is 29.1. The Hall–Kier alpha value is -3.41. The Labute approximate surface area is 266 Å². The molecule has 7 rings (SSSR count). The Kier molecular flexibility index (Phi) is 8.11. The minimum absolute atomic E-state index is 0.226. The van der Waals surface area contributed by atoms with Gasteiger partial charge < -0.3 is 5.32 Å². The monoisotopic (exact) mass is 642 g/mol. The maximum absolute atomic E-state index is 13.6. The number of carbonyl (C=O) groups is 1. The minimum atomic E-state index is -3.58. The van der Waals surface area contributed by atoms with Crippen LogP contribution in [0.4, 0.5) is 5.00 Å². The first-order valence-corrected chi connectivity index (χ1v) is 18.1. The average Bonchev–Trinajstić information content (AvgIpc) is 3.62. The maximum Gasteiger partial charge on any atom is 0.256 e. The number of fused-ring (bicyclic) bond motifs is 2. The topological polar surface area (TPSA) is 82.6 Å². The Balaban J connectivity index is 1.16. The zero-order chi connectivity index (χ0) is 30.3. The lowest BCUT2D eigenvalue weighted by molar-refractivity contribution is 0.102. The molecule has 0 unspecified atom stereocenters. The molecular formula is C34H34N4O3S3. The number of nitrogens with zero attached hydrogens (tertiary/aromatic N) is 3. The molecule has 0 atom stereocenters. The summed E-state index contributed by atoms with van der Waals surface area (Å²) in [5.74, 6) is 0.276. The minimum Gasteiger partial charge on any atom is -0.313 e. The van der Waals surface area contributed by atoms with E-state index >= 15 is 0 Å². The summed E-state index contributed by atoms with van der Waals surface area (Å²) in [5.41, 5.74) is 4.92. The van der Waals surface area contributed by atoms with Crippen LogP contribution < -0.4 is 5.32 Å². The van der Waals surface area contributed by atoms with Crippen LogP contribution in [0.3, 0.4) is 0 Å². The first-order valence-electron chi connectivity index (χ1n) is 15.0. The molecule has 5 aromatic rings. The zero-order valence-electron chi connectivity index (χ0n) is 24.5. The lowest BCUT2D eigenvalue weighted by atomic mass is 10.0. The van der Waals surface area contributed by atoms with Crippen molar-refractivity contribution in [2.45, 2.75) is 44.2 Å². The molecule has 7 nitrogen and oxygen atoms in total. The number of rotatable bonds is 7. The van der Waals surface area contributed by atoms with Crippen LogP contribution in [0, 0.1) is 5.92 Å². The van der Waals surface area contributed by atoms with Gasteiger partial charge in [0.05, 0.1) is 15.1 Å². The van der Waals surface area contributed by atoms with Crippen molar-refractivity contribution in [3.05, 3.63) is 100 Å². The third-order valence-corrected chi connectivity index (χ3v) is 12.7. The molecular weight excluding hydrogens is 609 g/mol. The van der Waals surface area contributed by atoms with Crippen LogP contribution in [0.5, 0.6) is 0 Å². The third kappa shape index (κ3) is 5.84. The van der Waals surface area contributed by atoms with Gasteiger partial charge in [-0.1, -0.05) is 49.4 Å². The fraction of sp³-hybridized carbons (Fsp3) is 0.294. The van der Waals surface area contributed by atoms with E-state index in [0.29, 0.717) is 24.6 Å². The summed E-state index contributed by atoms with van der Waals surface area (Å²) in [5, 5.41) is 4.89. The molecule has 10 heteroatoms. The predicted molar refractivity (Wildman–Crippen MR) is 179 cm³/mol. The molecule has 4 heterocycles. The highest BCUT2D eigenvalue weighted by atomic mass is 32.2. The Bertz CT molecular complexity index is 1880. The van der Waals surface area contributed by atoms with Gasteiger partial charge in [-0.2, -0.15) is 4.31 Å². The van der Waals surface area contributed by atoms with Gasteiger partial charge in [0.1, 0.15) is 10.0 Å². The molecule has 0 saturated carbocycles. The lowest BCUT2D eigenvalue weighted by Crippen LogP contribution is -2.37. The van der Waals surface area contributed by atoms with Crippen LogP contribution in [-0.2, 0) is 29.5 Å². The van der Waals surface area contributed by atoms with E-state index in [9.17, 15) is 13.2 Å². The molecule has 44 heavy (non-hydrogen) atoms. The Morgan fingerprint density at radius 2 is 1.66 bits per heavy atom. The lowest BCUT2D eigenvalue weighted by Gasteiger charge is -2.29. The Morgan fingerprint density at radius 1 is 0.932 bits per heavy atom. The van der Waals surface area contributed by atoms with Crippen LogP contribution >= 0.6 is 22.7 Å². The van der Waals surface area contributed by atoms with Crippen molar-refractivity contribution in [1.82, 2.24) is 14.2 Å². The summed E-state index contributed by atoms with van der Waals surface area (Å²) in [6.45, 7) is 5.84. The van der Waals surface area contributed by atoms with Crippen LogP contribution in [0.2, 0.25) is 0 Å². The van der Waals surface area contributed by atoms with Crippen molar-refractivity contribution in [2.75, 3.05) is 25.0 Å². The summed E-state index contributed by atoms with van der Waals surface area (Å²) in [6.07, 6.45) is 2.61. The number of benzene rings is 3. The number of nitrogens with one attached hydrogen (secondary N) is 1. The second-order valence-electron chi connectivity index (χ2n) is 11.7. The SMILES string of the molecule is CC1CCN(S(=O)(=O)c2ccc(C(=O)Nc3sc4c(c3-c3nc5ccccc5s3)CCN(Cc3ccccc3)C4)cc2)CC1. The van der Waals surface area contributed by atoms with Gasteiger partial charge in [-0.05, 0) is 72.7 Å². The van der Waals surface area contributed by atoms with Gasteiger partial charge in [-0.25, -0.2) is 13.4 Å². The highest BCUT2D eigenvalue weighted by Crippen LogP contribution is 2.46. The van der Waals surface area contributed by atoms with Crippen LogP contribution in [0.25, 0.3) is 20.8 Å². The first-order chi connectivity index (χ1) is 21.3. The molecule has 1 N–H and O–H groups in total. The van der Waals surface area contributed by atoms with Crippen LogP contribution in [-0.4, -0.2) is 48.1 Å². The highest BCUT2D eigenvalue weighted by molar-refractivity contribution is 7.89. The molecule has 0 spiro atoms. The molecule has 2 aromatic heterocycles. The molecule has 2 aliphatic heterocycles. The zero-order valence-corrected chi connectivity index (χ0v) is 27.0. The van der Waals surface area contributed by atoms with E-state index in [2.05, 4.69) is 47.5 Å². The van der Waals surface area contributed by atoms with Gasteiger partial charge in [0.2, 0.25) is 10.0 Å². The molecule has 0 aliphatic carbocycles. The maximum atomic E-state index is 13.6. The second-order valence-corrected chi connectivity index (χ2v) is 15.8. The smallest absolute Gasteiger partial charge is 0.256 e. The van der Waals surface area contributed by atoms with E-state index < -0.39 is 10.0 Å². The van der Waals surface area contributed by atoms with Gasteiger partial charge in [0.15, 0.2) is 0 Å². The normalized spacial score (nSPS) is 16.7. The van der Waals surface area contributed by atoms with Gasteiger partial charge in [-0.3, -0.25) is 9.69 Å². The van der Waals surface area contributed by atoms with E-state index in [4.69, 9.17) is 4.98 Å². The molecule has 0 radical (unpaired) electrons. The Morgan fingerprint density at radius 3 is 2.41 bits per heavy atom. The number of para-hydroxylation sites is 1. The predicted octanol–water partition coefficient (Wildman–Crippen LogP) is 7.26. The number of anilines is 1.